The summed E-state index contributed by atoms with van der Waals surface area (Å²) >= 11 is 1.21. The van der Waals surface area contributed by atoms with Crippen LogP contribution in [0.5, 0.6) is 5.75 Å². The molecule has 2 aromatic carbocycles. The van der Waals surface area contributed by atoms with Gasteiger partial charge < -0.3 is 10.2 Å². The number of halogens is 1. The summed E-state index contributed by atoms with van der Waals surface area (Å²) in [7, 11) is 0. The molecule has 3 N–H and O–H groups in total. The Bertz CT molecular complexity index is 1220. The van der Waals surface area contributed by atoms with Gasteiger partial charge in [0.1, 0.15) is 17.1 Å². The lowest BCUT2D eigenvalue weighted by atomic mass is 10.1. The van der Waals surface area contributed by atoms with Crippen LogP contribution in [0.4, 0.5) is 10.1 Å². The van der Waals surface area contributed by atoms with Crippen LogP contribution < -0.4 is 5.43 Å². The number of carbonyl (C=O) groups is 2. The maximum absolute atomic E-state index is 13.1. The zero-order valence-corrected chi connectivity index (χ0v) is 16.6. The molecular weight excluding hydrogens is 429 g/mol. The largest absolute Gasteiger partial charge is 0.506 e. The van der Waals surface area contributed by atoms with Crippen LogP contribution in [-0.2, 0) is 0 Å². The van der Waals surface area contributed by atoms with E-state index in [0.29, 0.717) is 16.0 Å². The number of thiophene rings is 1. The summed E-state index contributed by atoms with van der Waals surface area (Å²) in [6, 6.07) is 8.52. The van der Waals surface area contributed by atoms with E-state index in [1.54, 1.807) is 5.38 Å². The molecule has 0 radical (unpaired) electrons. The molecule has 0 aliphatic rings. The number of rotatable bonds is 6. The van der Waals surface area contributed by atoms with E-state index in [1.807, 2.05) is 0 Å². The molecule has 31 heavy (non-hydrogen) atoms. The number of amides is 1. The minimum atomic E-state index is -1.49. The Balaban J connectivity index is 1.82. The summed E-state index contributed by atoms with van der Waals surface area (Å²) in [4.78, 5) is 34.0. The minimum absolute atomic E-state index is 0.0893. The van der Waals surface area contributed by atoms with Crippen LogP contribution in [0.25, 0.3) is 10.4 Å². The van der Waals surface area contributed by atoms with Crippen molar-refractivity contribution in [2.24, 2.45) is 5.10 Å². The number of hydrazone groups is 1. The van der Waals surface area contributed by atoms with E-state index in [1.165, 1.54) is 42.5 Å². The number of carboxylic acid groups (broad SMARTS) is 1. The Kier molecular flexibility index (Phi) is 6.07. The maximum Gasteiger partial charge on any atom is 0.342 e. The molecule has 0 bridgehead atoms. The Hall–Kier alpha value is -4.12. The first kappa shape index (κ1) is 21.6. The van der Waals surface area contributed by atoms with Gasteiger partial charge >= 0.3 is 5.97 Å². The third-order valence-electron chi connectivity index (χ3n) is 4.27. The second kappa shape index (κ2) is 8.71. The molecule has 9 nitrogen and oxygen atoms in total. The van der Waals surface area contributed by atoms with Crippen LogP contribution in [0.2, 0.25) is 0 Å². The molecule has 0 aliphatic carbocycles. The highest BCUT2D eigenvalue weighted by atomic mass is 32.1. The molecule has 11 heteroatoms. The average molecular weight is 443 g/mol. The van der Waals surface area contributed by atoms with Crippen LogP contribution in [0.3, 0.4) is 0 Å². The first-order chi connectivity index (χ1) is 14.7. The zero-order chi connectivity index (χ0) is 22.7. The second-order valence-electron chi connectivity index (χ2n) is 6.27. The van der Waals surface area contributed by atoms with Crippen molar-refractivity contribution < 1.29 is 29.1 Å². The quantitative estimate of drug-likeness (QED) is 0.298. The number of nitro groups is 1. The molecule has 1 heterocycles. The van der Waals surface area contributed by atoms with Crippen molar-refractivity contribution in [2.45, 2.75) is 6.92 Å². The molecule has 0 aliphatic heterocycles. The monoisotopic (exact) mass is 443 g/mol. The van der Waals surface area contributed by atoms with Crippen molar-refractivity contribution >= 4 is 34.6 Å². The normalized spacial score (nSPS) is 11.2. The van der Waals surface area contributed by atoms with Gasteiger partial charge in [0.2, 0.25) is 0 Å². The lowest BCUT2D eigenvalue weighted by molar-refractivity contribution is -0.385. The third kappa shape index (κ3) is 4.56. The second-order valence-corrected chi connectivity index (χ2v) is 7.15. The highest BCUT2D eigenvalue weighted by Crippen LogP contribution is 2.38. The molecule has 158 valence electrons. The number of aromatic hydroxyl groups is 1. The first-order valence-electron chi connectivity index (χ1n) is 8.62. The standard InChI is InChI=1S/C20H14FN3O6S/c1-10(15-9-31-18(17(15)25)11-2-5-13(21)6-3-11)22-23-19(26)12-4-7-14(20(27)28)16(8-12)24(29)30/h2-9,25H,1H3,(H,23,26)(H,27,28)/b22-10+. The molecule has 0 atom stereocenters. The fourth-order valence-corrected chi connectivity index (χ4v) is 3.69. The van der Waals surface area contributed by atoms with Gasteiger partial charge in [-0.05, 0) is 36.8 Å². The zero-order valence-electron chi connectivity index (χ0n) is 15.8. The van der Waals surface area contributed by atoms with Crippen LogP contribution in [0.15, 0.2) is 52.9 Å². The van der Waals surface area contributed by atoms with Crippen LogP contribution >= 0.6 is 11.3 Å². The molecular formula is C20H14FN3O6S. The van der Waals surface area contributed by atoms with Gasteiger partial charge in [-0.2, -0.15) is 5.10 Å². The number of hydrogen-bond donors (Lipinski definition) is 3. The number of nitro benzene ring substituents is 1. The van der Waals surface area contributed by atoms with Gasteiger partial charge in [0.05, 0.1) is 21.1 Å². The number of hydrogen-bond acceptors (Lipinski definition) is 7. The van der Waals surface area contributed by atoms with Gasteiger partial charge in [0.15, 0.2) is 0 Å². The summed E-state index contributed by atoms with van der Waals surface area (Å²) in [5.74, 6) is -2.78. The maximum atomic E-state index is 13.1. The number of carbonyl (C=O) groups excluding carboxylic acids is 1. The lowest BCUT2D eigenvalue weighted by Crippen LogP contribution is -2.19. The van der Waals surface area contributed by atoms with E-state index in [-0.39, 0.29) is 17.0 Å². The molecule has 0 fully saturated rings. The molecule has 1 amide bonds. The third-order valence-corrected chi connectivity index (χ3v) is 5.29. The van der Waals surface area contributed by atoms with Gasteiger partial charge in [0.25, 0.3) is 11.6 Å². The number of benzene rings is 2. The highest BCUT2D eigenvalue weighted by Gasteiger charge is 2.22. The highest BCUT2D eigenvalue weighted by molar-refractivity contribution is 7.14. The molecule has 0 unspecified atom stereocenters. The van der Waals surface area contributed by atoms with Crippen molar-refractivity contribution in [2.75, 3.05) is 0 Å². The smallest absolute Gasteiger partial charge is 0.342 e. The number of aromatic carboxylic acids is 1. The SMILES string of the molecule is C/C(=N\NC(=O)c1ccc(C(=O)O)c([N+](=O)[O-])c1)c1csc(-c2ccc(F)cc2)c1O. The van der Waals surface area contributed by atoms with Crippen molar-refractivity contribution in [1.29, 1.82) is 0 Å². The van der Waals surface area contributed by atoms with Gasteiger partial charge in [-0.1, -0.05) is 12.1 Å². The van der Waals surface area contributed by atoms with E-state index in [9.17, 15) is 29.2 Å². The summed E-state index contributed by atoms with van der Waals surface area (Å²) < 4.78 is 13.1. The summed E-state index contributed by atoms with van der Waals surface area (Å²) in [6.07, 6.45) is 0. The fourth-order valence-electron chi connectivity index (χ4n) is 2.68. The Labute approximate surface area is 178 Å². The predicted molar refractivity (Wildman–Crippen MR) is 111 cm³/mol. The summed E-state index contributed by atoms with van der Waals surface area (Å²) in [5.41, 5.74) is 2.01. The molecule has 0 saturated carbocycles. The van der Waals surface area contributed by atoms with Crippen molar-refractivity contribution in [3.63, 3.8) is 0 Å². The lowest BCUT2D eigenvalue weighted by Gasteiger charge is -2.04. The average Bonchev–Trinajstić information content (AvgIpc) is 3.13. The van der Waals surface area contributed by atoms with Crippen LogP contribution in [-0.4, -0.2) is 32.7 Å². The van der Waals surface area contributed by atoms with Gasteiger partial charge in [-0.25, -0.2) is 14.6 Å². The Morgan fingerprint density at radius 1 is 1.16 bits per heavy atom. The Morgan fingerprint density at radius 2 is 1.84 bits per heavy atom. The topological polar surface area (TPSA) is 142 Å². The molecule has 0 spiro atoms. The van der Waals surface area contributed by atoms with E-state index < -0.39 is 33.9 Å². The number of nitrogens with one attached hydrogen (secondary N) is 1. The van der Waals surface area contributed by atoms with E-state index >= 15 is 0 Å². The number of carboxylic acids is 1. The summed E-state index contributed by atoms with van der Waals surface area (Å²) in [5, 5.41) is 36.1. The predicted octanol–water partition coefficient (Wildman–Crippen LogP) is 4.02. The molecule has 0 saturated heterocycles. The Morgan fingerprint density at radius 3 is 2.45 bits per heavy atom. The van der Waals surface area contributed by atoms with Gasteiger partial charge in [-0.3, -0.25) is 14.9 Å². The fraction of sp³-hybridized carbons (Fsp3) is 0.0500. The van der Waals surface area contributed by atoms with E-state index in [0.717, 1.165) is 18.2 Å². The van der Waals surface area contributed by atoms with Crippen molar-refractivity contribution in [3.8, 4) is 16.2 Å². The first-order valence-corrected chi connectivity index (χ1v) is 9.50. The van der Waals surface area contributed by atoms with E-state index in [2.05, 4.69) is 10.5 Å². The van der Waals surface area contributed by atoms with Crippen molar-refractivity contribution in [3.05, 3.63) is 80.5 Å². The van der Waals surface area contributed by atoms with Crippen molar-refractivity contribution in [1.82, 2.24) is 5.43 Å². The van der Waals surface area contributed by atoms with Gasteiger partial charge in [0, 0.05) is 17.0 Å². The number of nitrogens with zero attached hydrogens (tertiary/aromatic N) is 2. The van der Waals surface area contributed by atoms with Crippen LogP contribution in [0.1, 0.15) is 33.2 Å². The van der Waals surface area contributed by atoms with Crippen LogP contribution in [0, 0.1) is 15.9 Å². The van der Waals surface area contributed by atoms with E-state index in [4.69, 9.17) is 5.11 Å². The molecule has 3 aromatic rings. The summed E-state index contributed by atoms with van der Waals surface area (Å²) in [6.45, 7) is 1.53. The van der Waals surface area contributed by atoms with Gasteiger partial charge in [-0.15, -0.1) is 11.3 Å². The minimum Gasteiger partial charge on any atom is -0.506 e. The molecule has 1 aromatic heterocycles. The molecule has 3 rings (SSSR count).